The van der Waals surface area contributed by atoms with E-state index in [9.17, 15) is 13.2 Å². The van der Waals surface area contributed by atoms with Crippen molar-refractivity contribution in [2.45, 2.75) is 25.8 Å². The van der Waals surface area contributed by atoms with E-state index in [4.69, 9.17) is 0 Å². The summed E-state index contributed by atoms with van der Waals surface area (Å²) in [7, 11) is -2.94. The molecule has 2 rings (SSSR count). The highest BCUT2D eigenvalue weighted by Gasteiger charge is 2.28. The number of carbonyl (C=O) groups excluding carboxylic acids is 1. The average molecular weight is 296 g/mol. The zero-order valence-electron chi connectivity index (χ0n) is 11.6. The van der Waals surface area contributed by atoms with Crippen molar-refractivity contribution in [3.8, 4) is 0 Å². The number of aryl methyl sites for hydroxylation is 1. The Morgan fingerprint density at radius 1 is 1.35 bits per heavy atom. The molecule has 0 unspecified atom stereocenters. The first-order valence-corrected chi connectivity index (χ1v) is 8.58. The van der Waals surface area contributed by atoms with Crippen LogP contribution < -0.4 is 10.6 Å². The molecule has 1 amide bonds. The third-order valence-electron chi connectivity index (χ3n) is 3.41. The minimum Gasteiger partial charge on any atom is -0.384 e. The van der Waals surface area contributed by atoms with Crippen LogP contribution in [0.2, 0.25) is 0 Å². The van der Waals surface area contributed by atoms with E-state index in [0.29, 0.717) is 19.4 Å². The molecule has 1 saturated heterocycles. The van der Waals surface area contributed by atoms with E-state index in [1.165, 1.54) is 0 Å². The van der Waals surface area contributed by atoms with Gasteiger partial charge in [-0.3, -0.25) is 4.79 Å². The van der Waals surface area contributed by atoms with Gasteiger partial charge in [0.1, 0.15) is 0 Å². The summed E-state index contributed by atoms with van der Waals surface area (Å²) in [5.74, 6) is 0.150. The molecule has 1 heterocycles. The standard InChI is InChI=1S/C14H20N2O3S/c1-11-4-2-3-5-13(11)15-8-6-14(17)16-12-7-9-20(18,19)10-12/h2-5,12,15H,6-10H2,1H3,(H,16,17)/t12-/m0/s1. The summed E-state index contributed by atoms with van der Waals surface area (Å²) < 4.78 is 22.6. The molecule has 0 spiro atoms. The van der Waals surface area contributed by atoms with Gasteiger partial charge < -0.3 is 10.6 Å². The highest BCUT2D eigenvalue weighted by atomic mass is 32.2. The van der Waals surface area contributed by atoms with E-state index in [1.807, 2.05) is 31.2 Å². The number of para-hydroxylation sites is 1. The maximum Gasteiger partial charge on any atom is 0.222 e. The lowest BCUT2D eigenvalue weighted by Gasteiger charge is -2.12. The Morgan fingerprint density at radius 3 is 2.75 bits per heavy atom. The Labute approximate surface area is 119 Å². The lowest BCUT2D eigenvalue weighted by Crippen LogP contribution is -2.36. The van der Waals surface area contributed by atoms with Crippen LogP contribution in [0.25, 0.3) is 0 Å². The molecule has 0 aromatic heterocycles. The number of sulfone groups is 1. The van der Waals surface area contributed by atoms with Crippen LogP contribution >= 0.6 is 0 Å². The van der Waals surface area contributed by atoms with Crippen LogP contribution in [-0.4, -0.2) is 38.4 Å². The van der Waals surface area contributed by atoms with Crippen molar-refractivity contribution >= 4 is 21.4 Å². The fourth-order valence-corrected chi connectivity index (χ4v) is 3.96. The smallest absolute Gasteiger partial charge is 0.222 e. The summed E-state index contributed by atoms with van der Waals surface area (Å²) in [6, 6.07) is 7.67. The van der Waals surface area contributed by atoms with Gasteiger partial charge in [-0.1, -0.05) is 18.2 Å². The van der Waals surface area contributed by atoms with E-state index < -0.39 is 9.84 Å². The van der Waals surface area contributed by atoms with Crippen LogP contribution in [-0.2, 0) is 14.6 Å². The first-order valence-electron chi connectivity index (χ1n) is 6.75. The zero-order valence-corrected chi connectivity index (χ0v) is 12.4. The van der Waals surface area contributed by atoms with E-state index in [0.717, 1.165) is 11.3 Å². The molecule has 110 valence electrons. The second kappa shape index (κ2) is 6.26. The molecule has 20 heavy (non-hydrogen) atoms. The molecule has 2 N–H and O–H groups in total. The Balaban J connectivity index is 1.72. The Morgan fingerprint density at radius 2 is 2.10 bits per heavy atom. The number of hydrogen-bond donors (Lipinski definition) is 2. The second-order valence-electron chi connectivity index (χ2n) is 5.16. The highest BCUT2D eigenvalue weighted by molar-refractivity contribution is 7.91. The van der Waals surface area contributed by atoms with E-state index in [1.54, 1.807) is 0 Å². The van der Waals surface area contributed by atoms with Gasteiger partial charge in [-0.15, -0.1) is 0 Å². The molecule has 6 heteroatoms. The van der Waals surface area contributed by atoms with Gasteiger partial charge in [-0.2, -0.15) is 0 Å². The number of amides is 1. The number of anilines is 1. The van der Waals surface area contributed by atoms with Crippen LogP contribution in [0.1, 0.15) is 18.4 Å². The minimum absolute atomic E-state index is 0.0734. The summed E-state index contributed by atoms with van der Waals surface area (Å²) in [4.78, 5) is 11.7. The van der Waals surface area contributed by atoms with Crippen molar-refractivity contribution in [1.29, 1.82) is 0 Å². The van der Waals surface area contributed by atoms with Crippen molar-refractivity contribution in [2.24, 2.45) is 0 Å². The summed E-state index contributed by atoms with van der Waals surface area (Å²) >= 11 is 0. The Kier molecular flexibility index (Phi) is 4.65. The average Bonchev–Trinajstić information content (AvgIpc) is 2.71. The lowest BCUT2D eigenvalue weighted by atomic mass is 10.2. The van der Waals surface area contributed by atoms with Crippen molar-refractivity contribution in [2.75, 3.05) is 23.4 Å². The summed E-state index contributed by atoms with van der Waals surface area (Å²) in [6.07, 6.45) is 0.865. The van der Waals surface area contributed by atoms with Gasteiger partial charge in [-0.05, 0) is 25.0 Å². The molecule has 0 radical (unpaired) electrons. The van der Waals surface area contributed by atoms with Crippen molar-refractivity contribution < 1.29 is 13.2 Å². The molecule has 1 aliphatic heterocycles. The lowest BCUT2D eigenvalue weighted by molar-refractivity contribution is -0.121. The van der Waals surface area contributed by atoms with Gasteiger partial charge in [0, 0.05) is 24.7 Å². The topological polar surface area (TPSA) is 75.3 Å². The molecule has 1 aliphatic rings. The third kappa shape index (κ3) is 4.23. The van der Waals surface area contributed by atoms with Gasteiger partial charge in [-0.25, -0.2) is 8.42 Å². The third-order valence-corrected chi connectivity index (χ3v) is 5.18. The molecule has 0 bridgehead atoms. The number of benzene rings is 1. The fourth-order valence-electron chi connectivity index (χ4n) is 2.29. The van der Waals surface area contributed by atoms with Crippen LogP contribution in [0.4, 0.5) is 5.69 Å². The van der Waals surface area contributed by atoms with Gasteiger partial charge in [0.25, 0.3) is 0 Å². The van der Waals surface area contributed by atoms with Gasteiger partial charge in [0.15, 0.2) is 9.84 Å². The SMILES string of the molecule is Cc1ccccc1NCCC(=O)N[C@H]1CCS(=O)(=O)C1. The van der Waals surface area contributed by atoms with Crippen LogP contribution in [0, 0.1) is 6.92 Å². The van der Waals surface area contributed by atoms with E-state index in [-0.39, 0.29) is 23.5 Å². The summed E-state index contributed by atoms with van der Waals surface area (Å²) in [5, 5.41) is 5.98. The van der Waals surface area contributed by atoms with Gasteiger partial charge >= 0.3 is 0 Å². The number of rotatable bonds is 5. The van der Waals surface area contributed by atoms with Crippen LogP contribution in [0.15, 0.2) is 24.3 Å². The minimum atomic E-state index is -2.94. The first-order chi connectivity index (χ1) is 9.46. The van der Waals surface area contributed by atoms with E-state index >= 15 is 0 Å². The zero-order chi connectivity index (χ0) is 14.6. The van der Waals surface area contributed by atoms with Crippen molar-refractivity contribution in [3.63, 3.8) is 0 Å². The fraction of sp³-hybridized carbons (Fsp3) is 0.500. The largest absolute Gasteiger partial charge is 0.384 e. The second-order valence-corrected chi connectivity index (χ2v) is 7.39. The molecule has 5 nitrogen and oxygen atoms in total. The molecule has 1 fully saturated rings. The summed E-state index contributed by atoms with van der Waals surface area (Å²) in [5.41, 5.74) is 2.15. The van der Waals surface area contributed by atoms with E-state index in [2.05, 4.69) is 10.6 Å². The predicted octanol–water partition coefficient (Wildman–Crippen LogP) is 1.10. The first kappa shape index (κ1) is 14.8. The Hall–Kier alpha value is -1.56. The number of nitrogens with one attached hydrogen (secondary N) is 2. The molecule has 0 aliphatic carbocycles. The van der Waals surface area contributed by atoms with Crippen molar-refractivity contribution in [3.05, 3.63) is 29.8 Å². The molecule has 1 aromatic carbocycles. The maximum absolute atomic E-state index is 11.7. The number of hydrogen-bond acceptors (Lipinski definition) is 4. The summed E-state index contributed by atoms with van der Waals surface area (Å²) in [6.45, 7) is 2.54. The molecule has 0 saturated carbocycles. The van der Waals surface area contributed by atoms with Crippen LogP contribution in [0.5, 0.6) is 0 Å². The van der Waals surface area contributed by atoms with Crippen molar-refractivity contribution in [1.82, 2.24) is 5.32 Å². The Bertz CT molecular complexity index is 584. The van der Waals surface area contributed by atoms with Gasteiger partial charge in [0.2, 0.25) is 5.91 Å². The predicted molar refractivity (Wildman–Crippen MR) is 79.5 cm³/mol. The molecular weight excluding hydrogens is 276 g/mol. The number of carbonyl (C=O) groups is 1. The molecule has 1 atom stereocenters. The monoisotopic (exact) mass is 296 g/mol. The molecular formula is C14H20N2O3S. The van der Waals surface area contributed by atoms with Gasteiger partial charge in [0.05, 0.1) is 11.5 Å². The molecule has 1 aromatic rings. The maximum atomic E-state index is 11.7. The quantitative estimate of drug-likeness (QED) is 0.853. The highest BCUT2D eigenvalue weighted by Crippen LogP contribution is 2.13. The van der Waals surface area contributed by atoms with Crippen LogP contribution in [0.3, 0.4) is 0 Å². The normalized spacial score (nSPS) is 20.6.